The van der Waals surface area contributed by atoms with Crippen LogP contribution >= 0.6 is 0 Å². The molecule has 1 aromatic heterocycles. The number of ether oxygens (including phenoxy) is 2. The van der Waals surface area contributed by atoms with Crippen molar-refractivity contribution in [3.8, 4) is 22.9 Å². The van der Waals surface area contributed by atoms with Crippen LogP contribution in [0.25, 0.3) is 11.4 Å². The van der Waals surface area contributed by atoms with Gasteiger partial charge in [0.05, 0.1) is 17.4 Å². The molecule has 1 aliphatic heterocycles. The van der Waals surface area contributed by atoms with Gasteiger partial charge in [-0.25, -0.2) is 4.98 Å². The molecule has 0 spiro atoms. The first-order valence-corrected chi connectivity index (χ1v) is 14.3. The number of hydrogen-bond acceptors (Lipinski definition) is 4. The van der Waals surface area contributed by atoms with Crippen molar-refractivity contribution in [3.05, 3.63) is 101 Å². The normalized spacial score (nSPS) is 17.4. The van der Waals surface area contributed by atoms with E-state index in [2.05, 4.69) is 103 Å². The summed E-state index contributed by atoms with van der Waals surface area (Å²) in [6.07, 6.45) is 4.38. The van der Waals surface area contributed by atoms with Crippen molar-refractivity contribution in [1.82, 2.24) is 14.5 Å². The summed E-state index contributed by atoms with van der Waals surface area (Å²) < 4.78 is 13.9. The van der Waals surface area contributed by atoms with E-state index < -0.39 is 0 Å². The highest BCUT2D eigenvalue weighted by Gasteiger charge is 2.40. The van der Waals surface area contributed by atoms with Gasteiger partial charge in [0.25, 0.3) is 0 Å². The van der Waals surface area contributed by atoms with Crippen LogP contribution in [0.3, 0.4) is 0 Å². The predicted molar refractivity (Wildman–Crippen MR) is 156 cm³/mol. The minimum atomic E-state index is 0.152. The summed E-state index contributed by atoms with van der Waals surface area (Å²) in [7, 11) is 0. The third kappa shape index (κ3) is 5.46. The van der Waals surface area contributed by atoms with E-state index in [1.807, 2.05) is 6.07 Å². The Morgan fingerprint density at radius 3 is 2.38 bits per heavy atom. The van der Waals surface area contributed by atoms with Crippen molar-refractivity contribution in [3.63, 3.8) is 0 Å². The number of benzene rings is 3. The summed E-state index contributed by atoms with van der Waals surface area (Å²) in [6, 6.07) is 28.2. The molecule has 0 amide bonds. The molecule has 0 fully saturated rings. The van der Waals surface area contributed by atoms with Gasteiger partial charge in [0, 0.05) is 25.2 Å². The van der Waals surface area contributed by atoms with E-state index in [0.29, 0.717) is 6.79 Å². The molecule has 4 aromatic rings. The van der Waals surface area contributed by atoms with Gasteiger partial charge in [0.1, 0.15) is 5.82 Å². The molecule has 39 heavy (non-hydrogen) atoms. The van der Waals surface area contributed by atoms with E-state index in [4.69, 9.17) is 14.5 Å². The first kappa shape index (κ1) is 25.7. The van der Waals surface area contributed by atoms with Crippen LogP contribution in [0.5, 0.6) is 11.5 Å². The fourth-order valence-electron chi connectivity index (χ4n) is 6.18. The largest absolute Gasteiger partial charge is 0.454 e. The van der Waals surface area contributed by atoms with Crippen molar-refractivity contribution in [2.45, 2.75) is 72.1 Å². The molecule has 0 radical (unpaired) electrons. The van der Waals surface area contributed by atoms with Crippen molar-refractivity contribution in [1.29, 1.82) is 0 Å². The monoisotopic (exact) mass is 521 g/mol. The lowest BCUT2D eigenvalue weighted by atomic mass is 9.75. The van der Waals surface area contributed by atoms with Crippen molar-refractivity contribution in [2.24, 2.45) is 5.41 Å². The van der Waals surface area contributed by atoms with Crippen LogP contribution < -0.4 is 9.47 Å². The molecule has 0 saturated carbocycles. The average Bonchev–Trinajstić information content (AvgIpc) is 3.55. The lowest BCUT2D eigenvalue weighted by Gasteiger charge is -2.41. The Balaban J connectivity index is 1.45. The molecule has 5 heteroatoms. The Labute approximate surface area is 232 Å². The van der Waals surface area contributed by atoms with Gasteiger partial charge in [-0.05, 0) is 47.9 Å². The summed E-state index contributed by atoms with van der Waals surface area (Å²) in [5, 5.41) is 0. The highest BCUT2D eigenvalue weighted by Crippen LogP contribution is 2.46. The Kier molecular flexibility index (Phi) is 7.18. The van der Waals surface area contributed by atoms with Gasteiger partial charge in [-0.3, -0.25) is 4.90 Å². The van der Waals surface area contributed by atoms with Crippen LogP contribution in [0.1, 0.15) is 68.6 Å². The highest BCUT2D eigenvalue weighted by atomic mass is 16.7. The topological polar surface area (TPSA) is 39.5 Å². The third-order valence-electron chi connectivity index (χ3n) is 8.05. The molecule has 5 nitrogen and oxygen atoms in total. The zero-order valence-electron chi connectivity index (χ0n) is 23.4. The van der Waals surface area contributed by atoms with Gasteiger partial charge in [-0.2, -0.15) is 0 Å². The van der Waals surface area contributed by atoms with Crippen LogP contribution in [0.15, 0.2) is 78.9 Å². The van der Waals surface area contributed by atoms with E-state index in [9.17, 15) is 0 Å². The van der Waals surface area contributed by atoms with Crippen molar-refractivity contribution in [2.75, 3.05) is 6.79 Å². The summed E-state index contributed by atoms with van der Waals surface area (Å²) >= 11 is 0. The molecular weight excluding hydrogens is 482 g/mol. The zero-order valence-corrected chi connectivity index (χ0v) is 23.4. The SMILES string of the molecule is CCCCn1c(-c2ccccc2)nc2c1C(N(Cc1ccccc1)Cc1ccc3c(c1)OCO3)CC(C)(C)C2. The van der Waals surface area contributed by atoms with Gasteiger partial charge < -0.3 is 14.0 Å². The first-order valence-electron chi connectivity index (χ1n) is 14.3. The maximum Gasteiger partial charge on any atom is 0.231 e. The van der Waals surface area contributed by atoms with Crippen LogP contribution in [-0.4, -0.2) is 21.2 Å². The molecule has 2 heterocycles. The van der Waals surface area contributed by atoms with E-state index in [1.54, 1.807) is 0 Å². The van der Waals surface area contributed by atoms with E-state index in [1.165, 1.54) is 28.1 Å². The molecule has 202 valence electrons. The van der Waals surface area contributed by atoms with Crippen LogP contribution in [-0.2, 0) is 26.1 Å². The molecule has 3 aromatic carbocycles. The third-order valence-corrected chi connectivity index (χ3v) is 8.05. The molecular formula is C34H39N3O2. The molecule has 1 aliphatic carbocycles. The molecule has 0 saturated heterocycles. The molecule has 6 rings (SSSR count). The summed E-state index contributed by atoms with van der Waals surface area (Å²) in [4.78, 5) is 8.02. The van der Waals surface area contributed by atoms with E-state index in [-0.39, 0.29) is 11.5 Å². The second-order valence-electron chi connectivity index (χ2n) is 11.8. The zero-order chi connectivity index (χ0) is 26.8. The number of hydrogen-bond donors (Lipinski definition) is 0. The van der Waals surface area contributed by atoms with Gasteiger partial charge >= 0.3 is 0 Å². The van der Waals surface area contributed by atoms with Crippen LogP contribution in [0.2, 0.25) is 0 Å². The molecule has 1 atom stereocenters. The molecule has 0 N–H and O–H groups in total. The molecule has 0 bridgehead atoms. The maximum absolute atomic E-state index is 5.73. The predicted octanol–water partition coefficient (Wildman–Crippen LogP) is 7.79. The van der Waals surface area contributed by atoms with Gasteiger partial charge in [-0.1, -0.05) is 93.9 Å². The van der Waals surface area contributed by atoms with Gasteiger partial charge in [-0.15, -0.1) is 0 Å². The molecule has 1 unspecified atom stereocenters. The number of rotatable bonds is 9. The van der Waals surface area contributed by atoms with Crippen LogP contribution in [0.4, 0.5) is 0 Å². The lowest BCUT2D eigenvalue weighted by Crippen LogP contribution is -2.37. The second-order valence-corrected chi connectivity index (χ2v) is 11.8. The van der Waals surface area contributed by atoms with Crippen LogP contribution in [0, 0.1) is 5.41 Å². The number of aromatic nitrogens is 2. The van der Waals surface area contributed by atoms with Gasteiger partial charge in [0.2, 0.25) is 6.79 Å². The Bertz CT molecular complexity index is 1410. The first-order chi connectivity index (χ1) is 19.0. The standard InChI is InChI=1S/C34H39N3O2/c1-4-5-18-37-32-28(35-33(37)27-14-10-7-11-15-27)20-34(2,3)21-29(32)36(22-25-12-8-6-9-13-25)23-26-16-17-30-31(19-26)39-24-38-30/h6-17,19,29H,4-5,18,20-24H2,1-3H3. The highest BCUT2D eigenvalue weighted by molar-refractivity contribution is 5.57. The van der Waals surface area contributed by atoms with E-state index in [0.717, 1.165) is 62.6 Å². The summed E-state index contributed by atoms with van der Waals surface area (Å²) in [5.41, 5.74) is 6.58. The summed E-state index contributed by atoms with van der Waals surface area (Å²) in [6.45, 7) is 10.1. The van der Waals surface area contributed by atoms with E-state index >= 15 is 0 Å². The Morgan fingerprint density at radius 2 is 1.62 bits per heavy atom. The fourth-order valence-corrected chi connectivity index (χ4v) is 6.18. The number of unbranched alkanes of at least 4 members (excludes halogenated alkanes) is 1. The van der Waals surface area contributed by atoms with Crippen molar-refractivity contribution >= 4 is 0 Å². The second kappa shape index (κ2) is 10.9. The smallest absolute Gasteiger partial charge is 0.231 e. The Hall–Kier alpha value is -3.57. The maximum atomic E-state index is 5.73. The number of imidazole rings is 1. The summed E-state index contributed by atoms with van der Waals surface area (Å²) in [5.74, 6) is 2.79. The minimum Gasteiger partial charge on any atom is -0.454 e. The quantitative estimate of drug-likeness (QED) is 0.225. The van der Waals surface area contributed by atoms with Crippen molar-refractivity contribution < 1.29 is 9.47 Å². The fraction of sp³-hybridized carbons (Fsp3) is 0.382. The molecule has 2 aliphatic rings. The number of nitrogens with zero attached hydrogens (tertiary/aromatic N) is 3. The minimum absolute atomic E-state index is 0.152. The number of fused-ring (bicyclic) bond motifs is 2. The average molecular weight is 522 g/mol. The lowest BCUT2D eigenvalue weighted by molar-refractivity contribution is 0.106. The van der Waals surface area contributed by atoms with Gasteiger partial charge in [0.15, 0.2) is 11.5 Å². The Morgan fingerprint density at radius 1 is 0.897 bits per heavy atom.